The predicted molar refractivity (Wildman–Crippen MR) is 148 cm³/mol. The second-order valence-corrected chi connectivity index (χ2v) is 10.7. The van der Waals surface area contributed by atoms with Crippen molar-refractivity contribution in [2.75, 3.05) is 28.4 Å². The molecule has 2 rings (SSSR count). The van der Waals surface area contributed by atoms with Gasteiger partial charge in [0.05, 0.1) is 52.6 Å². The summed E-state index contributed by atoms with van der Waals surface area (Å²) in [6, 6.07) is -1.01. The molecule has 2 N–H and O–H groups in total. The number of ether oxygens (including phenoxy) is 5. The summed E-state index contributed by atoms with van der Waals surface area (Å²) in [7, 11) is 4.78. The Kier molecular flexibility index (Phi) is 12.4. The van der Waals surface area contributed by atoms with Crippen LogP contribution in [0.4, 0.5) is 0 Å². The van der Waals surface area contributed by atoms with Crippen molar-refractivity contribution in [1.29, 1.82) is 0 Å². The highest BCUT2D eigenvalue weighted by Crippen LogP contribution is 2.38. The van der Waals surface area contributed by atoms with Crippen LogP contribution >= 0.6 is 0 Å². The van der Waals surface area contributed by atoms with Crippen molar-refractivity contribution >= 4 is 29.8 Å². The molecule has 238 valence electrons. The number of nitroso groups, excluding NO2 is 1. The van der Waals surface area contributed by atoms with Crippen LogP contribution in [0.25, 0.3) is 0 Å². The maximum absolute atomic E-state index is 13.3. The third-order valence-electron chi connectivity index (χ3n) is 6.84. The Balaban J connectivity index is 2.74. The summed E-state index contributed by atoms with van der Waals surface area (Å²) >= 11 is 0. The van der Waals surface area contributed by atoms with Gasteiger partial charge in [0, 0.05) is 25.0 Å². The molecule has 0 saturated heterocycles. The van der Waals surface area contributed by atoms with Gasteiger partial charge in [-0.1, -0.05) is 0 Å². The zero-order valence-electron chi connectivity index (χ0n) is 25.4. The number of aliphatic hydroxyl groups is 1. The highest BCUT2D eigenvalue weighted by atomic mass is 16.6. The molecule has 0 fully saturated rings. The van der Waals surface area contributed by atoms with Crippen LogP contribution in [0, 0.1) is 4.91 Å². The van der Waals surface area contributed by atoms with Gasteiger partial charge in [-0.3, -0.25) is 19.2 Å². The van der Waals surface area contributed by atoms with Gasteiger partial charge in [0.25, 0.3) is 0 Å². The van der Waals surface area contributed by atoms with E-state index in [4.69, 9.17) is 23.7 Å². The number of esters is 5. The van der Waals surface area contributed by atoms with Gasteiger partial charge < -0.3 is 33.8 Å². The van der Waals surface area contributed by atoms with E-state index in [1.165, 1.54) is 21.3 Å². The molecule has 0 amide bonds. The molecule has 1 aromatic heterocycles. The molecule has 0 bridgehead atoms. The Morgan fingerprint density at radius 3 is 1.86 bits per heavy atom. The van der Waals surface area contributed by atoms with E-state index in [1.54, 1.807) is 20.8 Å². The zero-order valence-corrected chi connectivity index (χ0v) is 25.4. The number of methoxy groups -OCH3 is 4. The first-order valence-electron chi connectivity index (χ1n) is 13.5. The van der Waals surface area contributed by atoms with Crippen molar-refractivity contribution < 1.29 is 52.8 Å². The number of hydrogen-bond acceptors (Lipinski definition) is 13. The summed E-state index contributed by atoms with van der Waals surface area (Å²) < 4.78 is 24.7. The number of aromatic nitrogens is 1. The van der Waals surface area contributed by atoms with Gasteiger partial charge in [-0.25, -0.2) is 9.80 Å². The van der Waals surface area contributed by atoms with E-state index >= 15 is 0 Å². The number of rotatable bonds is 14. The van der Waals surface area contributed by atoms with E-state index < -0.39 is 47.7 Å². The monoisotopic (exact) mass is 609 g/mol. The lowest BCUT2D eigenvalue weighted by Gasteiger charge is -2.24. The van der Waals surface area contributed by atoms with Crippen LogP contribution in [0.5, 0.6) is 0 Å². The van der Waals surface area contributed by atoms with Crippen molar-refractivity contribution in [2.45, 2.75) is 83.6 Å². The second-order valence-electron chi connectivity index (χ2n) is 10.7. The van der Waals surface area contributed by atoms with Crippen molar-refractivity contribution in [2.24, 2.45) is 5.29 Å². The maximum Gasteiger partial charge on any atom is 0.355 e. The topological polar surface area (TPSA) is 200 Å². The average Bonchev–Trinajstić information content (AvgIpc) is 3.42. The van der Waals surface area contributed by atoms with Gasteiger partial charge in [0.1, 0.15) is 11.3 Å². The van der Waals surface area contributed by atoms with Crippen LogP contribution in [0.2, 0.25) is 0 Å². The Labute approximate surface area is 248 Å². The molecule has 1 aromatic rings. The summed E-state index contributed by atoms with van der Waals surface area (Å²) in [5, 5.41) is 14.8. The van der Waals surface area contributed by atoms with Crippen LogP contribution < -0.4 is 0 Å². The molecule has 2 heterocycles. The number of aromatic amines is 1. The molecule has 1 aliphatic heterocycles. The minimum absolute atomic E-state index is 0.00604. The van der Waals surface area contributed by atoms with Crippen LogP contribution in [0.15, 0.2) is 16.4 Å². The third-order valence-corrected chi connectivity index (χ3v) is 6.84. The first-order chi connectivity index (χ1) is 20.2. The minimum Gasteiger partial charge on any atom is -0.469 e. The van der Waals surface area contributed by atoms with Crippen LogP contribution in [0.1, 0.15) is 73.8 Å². The van der Waals surface area contributed by atoms with Crippen LogP contribution in [-0.4, -0.2) is 91.3 Å². The van der Waals surface area contributed by atoms with Gasteiger partial charge >= 0.3 is 29.8 Å². The number of nitrogens with one attached hydrogen (secondary N) is 1. The molecule has 15 nitrogen and oxygen atoms in total. The highest BCUT2D eigenvalue weighted by Gasteiger charge is 2.42. The molecule has 43 heavy (non-hydrogen) atoms. The van der Waals surface area contributed by atoms with E-state index in [0.717, 1.165) is 12.1 Å². The molecule has 2 unspecified atom stereocenters. The second kappa shape index (κ2) is 15.3. The minimum atomic E-state index is -1.61. The van der Waals surface area contributed by atoms with Gasteiger partial charge in [-0.15, -0.1) is 4.91 Å². The number of carbonyl (C=O) groups excluding carboxylic acids is 5. The van der Waals surface area contributed by atoms with Gasteiger partial charge in [-0.05, 0) is 55.9 Å². The smallest absolute Gasteiger partial charge is 0.355 e. The summed E-state index contributed by atoms with van der Waals surface area (Å²) in [6.07, 6.45) is -2.73. The first kappa shape index (κ1) is 34.9. The number of hydrogen-bond donors (Lipinski definition) is 2. The third kappa shape index (κ3) is 9.11. The van der Waals surface area contributed by atoms with E-state index in [2.05, 4.69) is 10.3 Å². The zero-order chi connectivity index (χ0) is 32.5. The Morgan fingerprint density at radius 2 is 1.35 bits per heavy atom. The van der Waals surface area contributed by atoms with Crippen LogP contribution in [0.3, 0.4) is 0 Å². The lowest BCUT2D eigenvalue weighted by Crippen LogP contribution is -2.36. The summed E-state index contributed by atoms with van der Waals surface area (Å²) in [4.78, 5) is 77.0. The van der Waals surface area contributed by atoms with Crippen molar-refractivity contribution in [3.63, 3.8) is 0 Å². The molecule has 15 heteroatoms. The van der Waals surface area contributed by atoms with Crippen LogP contribution in [-0.2, 0) is 62.1 Å². The quantitative estimate of drug-likeness (QED) is 0.134. The molecule has 1 aliphatic rings. The SMILES string of the molecule is COC(=O)CCC1=C(CC(=O)OC)C(O)N(N=O)C1Cc1[nH]c(C(=O)OC(C)(C)C)c(CCC(=O)OC)c1CC(=O)OC. The molecular formula is C28H39N3O12. The summed E-state index contributed by atoms with van der Waals surface area (Å²) in [5.74, 6) is -3.23. The average molecular weight is 610 g/mol. The Morgan fingerprint density at radius 1 is 0.814 bits per heavy atom. The van der Waals surface area contributed by atoms with Gasteiger partial charge in [0.15, 0.2) is 6.23 Å². The molecule has 0 aromatic carbocycles. The largest absolute Gasteiger partial charge is 0.469 e. The fourth-order valence-electron chi connectivity index (χ4n) is 4.83. The fraction of sp³-hybridized carbons (Fsp3) is 0.607. The molecule has 0 spiro atoms. The number of aliphatic hydroxyl groups excluding tert-OH is 1. The fourth-order valence-corrected chi connectivity index (χ4v) is 4.83. The number of nitrogens with zero attached hydrogens (tertiary/aromatic N) is 2. The molecule has 2 atom stereocenters. The maximum atomic E-state index is 13.3. The Bertz CT molecular complexity index is 1260. The summed E-state index contributed by atoms with van der Waals surface area (Å²) in [6.45, 7) is 5.02. The van der Waals surface area contributed by atoms with Crippen molar-refractivity contribution in [1.82, 2.24) is 9.99 Å². The van der Waals surface area contributed by atoms with E-state index in [9.17, 15) is 34.0 Å². The molecular weight excluding hydrogens is 570 g/mol. The van der Waals surface area contributed by atoms with E-state index in [0.29, 0.717) is 16.7 Å². The Hall–Kier alpha value is -4.27. The normalized spacial score (nSPS) is 16.5. The van der Waals surface area contributed by atoms with Crippen molar-refractivity contribution in [3.8, 4) is 0 Å². The lowest BCUT2D eigenvalue weighted by atomic mass is 9.92. The lowest BCUT2D eigenvalue weighted by molar-refractivity contribution is -0.141. The molecule has 0 saturated carbocycles. The van der Waals surface area contributed by atoms with Gasteiger partial charge in [-0.2, -0.15) is 0 Å². The predicted octanol–water partition coefficient (Wildman–Crippen LogP) is 1.83. The molecule has 0 radical (unpaired) electrons. The molecule has 0 aliphatic carbocycles. The first-order valence-corrected chi connectivity index (χ1v) is 13.5. The van der Waals surface area contributed by atoms with E-state index in [1.807, 2.05) is 0 Å². The number of carbonyl (C=O) groups is 5. The van der Waals surface area contributed by atoms with Gasteiger partial charge in [0.2, 0.25) is 0 Å². The summed E-state index contributed by atoms with van der Waals surface area (Å²) in [5.41, 5.74) is 0.477. The van der Waals surface area contributed by atoms with Crippen molar-refractivity contribution in [3.05, 3.63) is 38.6 Å². The highest BCUT2D eigenvalue weighted by molar-refractivity contribution is 5.91. The number of H-pyrrole nitrogens is 1. The van der Waals surface area contributed by atoms with E-state index in [-0.39, 0.29) is 61.9 Å². The standard InChI is InChI=1S/C28H39N3O12/c1-28(2,3)43-27(37)25-16(9-11-22(33)40-5)17(12-23(34)41-6)19(29-25)14-20-15(8-10-21(32)39-4)18(13-24(35)42-7)26(36)31(20)30-38/h20,26,29,36H,8-14H2,1-7H3.